The van der Waals surface area contributed by atoms with Gasteiger partial charge in [0.2, 0.25) is 5.88 Å². The fourth-order valence-electron chi connectivity index (χ4n) is 3.62. The lowest BCUT2D eigenvalue weighted by Gasteiger charge is -2.19. The number of rotatable bonds is 5. The highest BCUT2D eigenvalue weighted by molar-refractivity contribution is 7.97. The molecular weight excluding hydrogens is 346 g/mol. The molecule has 1 saturated carbocycles. The van der Waals surface area contributed by atoms with E-state index in [1.165, 1.54) is 23.1 Å². The number of pyridine rings is 1. The van der Waals surface area contributed by atoms with Gasteiger partial charge in [-0.2, -0.15) is 0 Å². The van der Waals surface area contributed by atoms with Crippen LogP contribution in [0, 0.1) is 6.92 Å². The molecule has 1 heterocycles. The van der Waals surface area contributed by atoms with Crippen LogP contribution in [0.25, 0.3) is 11.1 Å². The van der Waals surface area contributed by atoms with E-state index in [1.807, 2.05) is 18.4 Å². The minimum Gasteiger partial charge on any atom is -0.474 e. The number of anilines is 1. The van der Waals surface area contributed by atoms with Crippen molar-refractivity contribution in [3.8, 4) is 17.0 Å². The van der Waals surface area contributed by atoms with Gasteiger partial charge in [-0.25, -0.2) is 9.78 Å². The Hall–Kier alpha value is -2.21. The quantitative estimate of drug-likeness (QED) is 0.763. The maximum Gasteiger partial charge on any atom is 0.329 e. The predicted octanol–water partition coefficient (Wildman–Crippen LogP) is 4.49. The number of ether oxygens (including phenoxy) is 1. The zero-order chi connectivity index (χ0) is 18.1. The molecule has 26 heavy (non-hydrogen) atoms. The summed E-state index contributed by atoms with van der Waals surface area (Å²) in [5.74, 6) is 0.657. The van der Waals surface area contributed by atoms with Crippen LogP contribution in [0.4, 0.5) is 10.5 Å². The van der Waals surface area contributed by atoms with Crippen molar-refractivity contribution in [2.75, 3.05) is 11.6 Å². The van der Waals surface area contributed by atoms with Gasteiger partial charge in [0.05, 0.1) is 5.69 Å². The lowest BCUT2D eigenvalue weighted by atomic mass is 9.93. The molecule has 1 fully saturated rings. The van der Waals surface area contributed by atoms with Crippen LogP contribution in [0.5, 0.6) is 5.88 Å². The smallest absolute Gasteiger partial charge is 0.329 e. The lowest BCUT2D eigenvalue weighted by Crippen LogP contribution is -2.23. The van der Waals surface area contributed by atoms with Gasteiger partial charge in [-0.1, -0.05) is 18.0 Å². The molecule has 1 aromatic heterocycles. The van der Waals surface area contributed by atoms with Crippen LogP contribution in [-0.4, -0.2) is 23.4 Å². The van der Waals surface area contributed by atoms with Gasteiger partial charge in [0, 0.05) is 24.1 Å². The van der Waals surface area contributed by atoms with Crippen LogP contribution in [0.2, 0.25) is 0 Å². The SMILES string of the molecule is CSNC(=O)Nc1c2c(cc(C)c1-c1ccnc(OC3CC3)c1)CCC2. The molecule has 1 aromatic carbocycles. The van der Waals surface area contributed by atoms with Crippen molar-refractivity contribution in [3.05, 3.63) is 41.1 Å². The summed E-state index contributed by atoms with van der Waals surface area (Å²) in [6.07, 6.45) is 9.33. The third-order valence-corrected chi connectivity index (χ3v) is 5.26. The van der Waals surface area contributed by atoms with Crippen molar-refractivity contribution < 1.29 is 9.53 Å². The second kappa shape index (κ2) is 7.19. The van der Waals surface area contributed by atoms with Crippen molar-refractivity contribution >= 4 is 23.7 Å². The topological polar surface area (TPSA) is 63.2 Å². The molecule has 0 saturated heterocycles. The number of aromatic nitrogens is 1. The molecule has 2 aliphatic rings. The Bertz CT molecular complexity index is 849. The monoisotopic (exact) mass is 369 g/mol. The number of nitrogens with one attached hydrogen (secondary N) is 2. The molecule has 0 spiro atoms. The van der Waals surface area contributed by atoms with E-state index in [9.17, 15) is 4.79 Å². The zero-order valence-electron chi connectivity index (χ0n) is 15.1. The number of carbonyl (C=O) groups excluding carboxylic acids is 1. The number of aryl methyl sites for hydroxylation is 2. The molecule has 136 valence electrons. The first-order chi connectivity index (χ1) is 12.7. The van der Waals surface area contributed by atoms with Crippen molar-refractivity contribution in [1.82, 2.24) is 9.71 Å². The van der Waals surface area contributed by atoms with Crippen molar-refractivity contribution in [2.45, 2.75) is 45.1 Å². The fourth-order valence-corrected chi connectivity index (χ4v) is 3.86. The number of fused-ring (bicyclic) bond motifs is 1. The summed E-state index contributed by atoms with van der Waals surface area (Å²) >= 11 is 1.29. The van der Waals surface area contributed by atoms with Gasteiger partial charge in [0.1, 0.15) is 6.10 Å². The summed E-state index contributed by atoms with van der Waals surface area (Å²) < 4.78 is 8.62. The Kier molecular flexibility index (Phi) is 4.76. The summed E-state index contributed by atoms with van der Waals surface area (Å²) in [6, 6.07) is 6.04. The Morgan fingerprint density at radius 3 is 2.92 bits per heavy atom. The molecule has 2 aromatic rings. The molecule has 2 amide bonds. The molecular formula is C20H23N3O2S. The third kappa shape index (κ3) is 3.51. The lowest BCUT2D eigenvalue weighted by molar-refractivity contribution is 0.257. The van der Waals surface area contributed by atoms with Crippen LogP contribution < -0.4 is 14.8 Å². The number of carbonyl (C=O) groups is 1. The summed E-state index contributed by atoms with van der Waals surface area (Å²) in [5.41, 5.74) is 6.77. The van der Waals surface area contributed by atoms with Gasteiger partial charge in [0.15, 0.2) is 0 Å². The molecule has 5 nitrogen and oxygen atoms in total. The number of hydrogen-bond donors (Lipinski definition) is 2. The highest BCUT2D eigenvalue weighted by atomic mass is 32.2. The van der Waals surface area contributed by atoms with Crippen LogP contribution in [0.15, 0.2) is 24.4 Å². The van der Waals surface area contributed by atoms with E-state index in [2.05, 4.69) is 28.0 Å². The molecule has 0 atom stereocenters. The fraction of sp³-hybridized carbons (Fsp3) is 0.400. The molecule has 6 heteroatoms. The summed E-state index contributed by atoms with van der Waals surface area (Å²) in [6.45, 7) is 2.10. The second-order valence-corrected chi connectivity index (χ2v) is 7.51. The largest absolute Gasteiger partial charge is 0.474 e. The Labute approximate surface area is 158 Å². The van der Waals surface area contributed by atoms with Crippen molar-refractivity contribution in [3.63, 3.8) is 0 Å². The zero-order valence-corrected chi connectivity index (χ0v) is 15.9. The first-order valence-corrected chi connectivity index (χ1v) is 10.3. The Morgan fingerprint density at radius 1 is 1.31 bits per heavy atom. The summed E-state index contributed by atoms with van der Waals surface area (Å²) in [5, 5.41) is 3.09. The van der Waals surface area contributed by atoms with E-state index in [4.69, 9.17) is 4.74 Å². The molecule has 0 bridgehead atoms. The van der Waals surface area contributed by atoms with E-state index in [1.54, 1.807) is 6.20 Å². The number of nitrogens with zero attached hydrogens (tertiary/aromatic N) is 1. The highest BCUT2D eigenvalue weighted by Crippen LogP contribution is 2.41. The van der Waals surface area contributed by atoms with E-state index in [-0.39, 0.29) is 6.03 Å². The normalized spacial score (nSPS) is 15.5. The van der Waals surface area contributed by atoms with Gasteiger partial charge >= 0.3 is 6.03 Å². The number of amides is 2. The summed E-state index contributed by atoms with van der Waals surface area (Å²) in [4.78, 5) is 16.6. The highest BCUT2D eigenvalue weighted by Gasteiger charge is 2.25. The number of urea groups is 1. The Balaban J connectivity index is 1.78. The standard InChI is InChI=1S/C20H23N3O2S/c1-12-10-13-4-3-5-16(13)19(22-20(24)23-26-2)18(12)14-8-9-21-17(11-14)25-15-6-7-15/h8-11,15H,3-7H2,1-2H3,(H2,22,23,24). The van der Waals surface area contributed by atoms with Gasteiger partial charge in [0.25, 0.3) is 0 Å². The van der Waals surface area contributed by atoms with E-state index in [0.717, 1.165) is 54.5 Å². The van der Waals surface area contributed by atoms with E-state index < -0.39 is 0 Å². The minimum absolute atomic E-state index is 0.193. The van der Waals surface area contributed by atoms with Gasteiger partial charge < -0.3 is 10.1 Å². The maximum atomic E-state index is 12.2. The number of benzene rings is 1. The first kappa shape index (κ1) is 17.2. The minimum atomic E-state index is -0.193. The second-order valence-electron chi connectivity index (χ2n) is 6.89. The van der Waals surface area contributed by atoms with Crippen molar-refractivity contribution in [1.29, 1.82) is 0 Å². The average molecular weight is 369 g/mol. The van der Waals surface area contributed by atoms with Gasteiger partial charge in [-0.15, -0.1) is 0 Å². The molecule has 4 rings (SSSR count). The van der Waals surface area contributed by atoms with Gasteiger partial charge in [-0.05, 0) is 67.3 Å². The van der Waals surface area contributed by atoms with E-state index in [0.29, 0.717) is 12.0 Å². The van der Waals surface area contributed by atoms with Crippen LogP contribution >= 0.6 is 11.9 Å². The summed E-state index contributed by atoms with van der Waals surface area (Å²) in [7, 11) is 0. The van der Waals surface area contributed by atoms with Crippen LogP contribution in [0.3, 0.4) is 0 Å². The van der Waals surface area contributed by atoms with Crippen LogP contribution in [-0.2, 0) is 12.8 Å². The van der Waals surface area contributed by atoms with E-state index >= 15 is 0 Å². The molecule has 0 radical (unpaired) electrons. The molecule has 0 unspecified atom stereocenters. The Morgan fingerprint density at radius 2 is 2.15 bits per heavy atom. The first-order valence-electron chi connectivity index (χ1n) is 9.04. The molecule has 0 aliphatic heterocycles. The average Bonchev–Trinajstić information content (AvgIpc) is 3.29. The third-order valence-electron chi connectivity index (χ3n) is 4.87. The van der Waals surface area contributed by atoms with Crippen molar-refractivity contribution in [2.24, 2.45) is 0 Å². The number of hydrogen-bond acceptors (Lipinski definition) is 4. The van der Waals surface area contributed by atoms with Gasteiger partial charge in [-0.3, -0.25) is 4.72 Å². The molecule has 2 aliphatic carbocycles. The maximum absolute atomic E-state index is 12.2. The molecule has 2 N–H and O–H groups in total. The van der Waals surface area contributed by atoms with Crippen LogP contribution in [0.1, 0.15) is 36.0 Å². The predicted molar refractivity (Wildman–Crippen MR) is 106 cm³/mol.